The molecule has 2 aromatic rings. The monoisotopic (exact) mass is 640 g/mol. The number of methoxy groups -OCH3 is 1. The van der Waals surface area contributed by atoms with E-state index < -0.39 is 50.1 Å². The molecule has 0 aliphatic carbocycles. The summed E-state index contributed by atoms with van der Waals surface area (Å²) in [4.78, 5) is 40.0. The number of alkyl carbamates (subject to hydrolysis) is 1. The van der Waals surface area contributed by atoms with E-state index in [0.29, 0.717) is 19.3 Å². The molecule has 0 unspecified atom stereocenters. The predicted molar refractivity (Wildman–Crippen MR) is 182 cm³/mol. The van der Waals surface area contributed by atoms with Crippen molar-refractivity contribution in [3.8, 4) is 0 Å². The van der Waals surface area contributed by atoms with E-state index >= 15 is 0 Å². The fraction of sp³-hybridized carbons (Fsp3) is 0.583. The summed E-state index contributed by atoms with van der Waals surface area (Å²) in [6.07, 6.45) is 0.152. The third-order valence-corrected chi connectivity index (χ3v) is 12.8. The van der Waals surface area contributed by atoms with E-state index in [0.717, 1.165) is 11.1 Å². The van der Waals surface area contributed by atoms with E-state index in [1.165, 1.54) is 7.11 Å². The highest BCUT2D eigenvalue weighted by Crippen LogP contribution is 2.39. The van der Waals surface area contributed by atoms with Crippen molar-refractivity contribution in [3.63, 3.8) is 0 Å². The second kappa shape index (κ2) is 16.4. The van der Waals surface area contributed by atoms with Gasteiger partial charge in [0.2, 0.25) is 5.91 Å². The highest BCUT2D eigenvalue weighted by atomic mass is 28.4. The lowest BCUT2D eigenvalue weighted by Gasteiger charge is -2.42. The zero-order valence-corrected chi connectivity index (χ0v) is 30.2. The Hall–Kier alpha value is -3.17. The molecule has 0 aromatic heterocycles. The number of carbonyl (C=O) groups excluding carboxylic acids is 3. The molecule has 0 bridgehead atoms. The highest BCUT2D eigenvalue weighted by molar-refractivity contribution is 6.74. The van der Waals surface area contributed by atoms with Gasteiger partial charge in [0.05, 0.1) is 19.3 Å². The van der Waals surface area contributed by atoms with Crippen molar-refractivity contribution in [2.45, 2.75) is 117 Å². The molecule has 0 saturated heterocycles. The maximum absolute atomic E-state index is 14.1. The summed E-state index contributed by atoms with van der Waals surface area (Å²) < 4.78 is 17.8. The Morgan fingerprint density at radius 3 is 1.76 bits per heavy atom. The number of hydrogen-bond donors (Lipinski definition) is 2. The number of nitrogens with one attached hydrogen (secondary N) is 2. The third kappa shape index (κ3) is 12.6. The zero-order chi connectivity index (χ0) is 34.0. The van der Waals surface area contributed by atoms with Crippen LogP contribution in [0.25, 0.3) is 0 Å². The Morgan fingerprint density at radius 1 is 0.800 bits per heavy atom. The third-order valence-electron chi connectivity index (χ3n) is 8.33. The number of ether oxygens (including phenoxy) is 2. The van der Waals surface area contributed by atoms with Crippen LogP contribution in [-0.2, 0) is 36.3 Å². The number of carbonyl (C=O) groups is 3. The first-order valence-corrected chi connectivity index (χ1v) is 18.9. The van der Waals surface area contributed by atoms with Crippen LogP contribution in [-0.4, -0.2) is 57.2 Å². The van der Waals surface area contributed by atoms with Crippen molar-refractivity contribution in [2.24, 2.45) is 11.8 Å². The van der Waals surface area contributed by atoms with Crippen molar-refractivity contribution in [1.82, 2.24) is 10.6 Å². The van der Waals surface area contributed by atoms with Gasteiger partial charge in [-0.3, -0.25) is 4.79 Å². The van der Waals surface area contributed by atoms with E-state index in [9.17, 15) is 14.4 Å². The van der Waals surface area contributed by atoms with Crippen LogP contribution in [0.15, 0.2) is 60.7 Å². The lowest BCUT2D eigenvalue weighted by Crippen LogP contribution is -2.55. The molecule has 250 valence electrons. The van der Waals surface area contributed by atoms with Crippen LogP contribution in [0.1, 0.15) is 72.9 Å². The standard InChI is InChI=1S/C36H56N2O6Si/c1-25(2)31(33(40)42-9)38-32(39)28(22-26-18-14-12-15-19-26)24-30(44-45(10,11)36(6,7)8)29(23-27-20-16-13-17-21-27)37-34(41)43-35(3,4)5/h12-21,25,28-31H,22-24H2,1-11H3,(H,37,41)(H,38,39)/t28-,29+,30+,31+/m1/s1. The zero-order valence-electron chi connectivity index (χ0n) is 29.2. The van der Waals surface area contributed by atoms with Crippen LogP contribution >= 0.6 is 0 Å². The maximum atomic E-state index is 14.1. The molecule has 0 aliphatic rings. The van der Waals surface area contributed by atoms with Gasteiger partial charge in [0.1, 0.15) is 11.6 Å². The number of esters is 1. The largest absolute Gasteiger partial charge is 0.467 e. The number of hydrogen-bond acceptors (Lipinski definition) is 6. The average molecular weight is 641 g/mol. The van der Waals surface area contributed by atoms with E-state index in [1.807, 2.05) is 95.3 Å². The second-order valence-electron chi connectivity index (χ2n) is 14.7. The average Bonchev–Trinajstić information content (AvgIpc) is 2.93. The molecule has 2 N–H and O–H groups in total. The fourth-order valence-electron chi connectivity index (χ4n) is 4.81. The first-order valence-electron chi connectivity index (χ1n) is 16.0. The SMILES string of the molecule is COC(=O)[C@@H](NC(=O)[C@H](Cc1ccccc1)C[C@H](O[Si](C)(C)C(C)(C)C)[C@H](Cc1ccccc1)NC(=O)OC(C)(C)C)C(C)C. The minimum absolute atomic E-state index is 0.126. The summed E-state index contributed by atoms with van der Waals surface area (Å²) in [7, 11) is -1.09. The predicted octanol–water partition coefficient (Wildman–Crippen LogP) is 7.08. The van der Waals surface area contributed by atoms with Crippen molar-refractivity contribution in [2.75, 3.05) is 7.11 Å². The topological polar surface area (TPSA) is 103 Å². The van der Waals surface area contributed by atoms with Crippen LogP contribution in [0.4, 0.5) is 4.79 Å². The van der Waals surface area contributed by atoms with Gasteiger partial charge >= 0.3 is 12.1 Å². The van der Waals surface area contributed by atoms with Gasteiger partial charge in [0.25, 0.3) is 0 Å². The summed E-state index contributed by atoms with van der Waals surface area (Å²) in [6.45, 7) is 20.1. The molecule has 0 spiro atoms. The number of benzene rings is 2. The van der Waals surface area contributed by atoms with E-state index in [1.54, 1.807) is 0 Å². The molecule has 0 fully saturated rings. The quantitative estimate of drug-likeness (QED) is 0.169. The van der Waals surface area contributed by atoms with Crippen LogP contribution < -0.4 is 10.6 Å². The molecular weight excluding hydrogens is 584 g/mol. The minimum Gasteiger partial charge on any atom is -0.467 e. The molecule has 45 heavy (non-hydrogen) atoms. The van der Waals surface area contributed by atoms with Crippen molar-refractivity contribution >= 4 is 26.3 Å². The Balaban J connectivity index is 2.62. The van der Waals surface area contributed by atoms with Gasteiger partial charge in [-0.05, 0) is 75.2 Å². The Bertz CT molecular complexity index is 1220. The Kier molecular flexibility index (Phi) is 13.9. The van der Waals surface area contributed by atoms with Gasteiger partial charge in [-0.25, -0.2) is 9.59 Å². The molecular formula is C36H56N2O6Si. The highest BCUT2D eigenvalue weighted by Gasteiger charge is 2.43. The minimum atomic E-state index is -2.41. The van der Waals surface area contributed by atoms with Crippen LogP contribution in [0.3, 0.4) is 0 Å². The molecule has 2 rings (SSSR count). The summed E-state index contributed by atoms with van der Waals surface area (Å²) >= 11 is 0. The lowest BCUT2D eigenvalue weighted by molar-refractivity contribution is -0.147. The Labute approximate surface area is 272 Å². The van der Waals surface area contributed by atoms with Gasteiger partial charge in [-0.1, -0.05) is 95.3 Å². The normalized spacial score (nSPS) is 15.0. The second-order valence-corrected chi connectivity index (χ2v) is 19.5. The molecule has 0 radical (unpaired) electrons. The van der Waals surface area contributed by atoms with Crippen molar-refractivity contribution in [3.05, 3.63) is 71.8 Å². The van der Waals surface area contributed by atoms with Gasteiger partial charge in [-0.15, -0.1) is 0 Å². The van der Waals surface area contributed by atoms with Crippen LogP contribution in [0, 0.1) is 11.8 Å². The molecule has 0 heterocycles. The van der Waals surface area contributed by atoms with Crippen LogP contribution in [0.2, 0.25) is 18.1 Å². The summed E-state index contributed by atoms with van der Waals surface area (Å²) in [5, 5.41) is 5.97. The number of amides is 2. The van der Waals surface area contributed by atoms with E-state index in [2.05, 4.69) is 44.5 Å². The van der Waals surface area contributed by atoms with Crippen molar-refractivity contribution in [1.29, 1.82) is 0 Å². The smallest absolute Gasteiger partial charge is 0.407 e. The molecule has 2 amide bonds. The maximum Gasteiger partial charge on any atom is 0.407 e. The lowest BCUT2D eigenvalue weighted by atomic mass is 9.88. The van der Waals surface area contributed by atoms with Gasteiger partial charge in [0, 0.05) is 5.92 Å². The summed E-state index contributed by atoms with van der Waals surface area (Å²) in [5.74, 6) is -1.48. The first-order chi connectivity index (χ1) is 20.8. The van der Waals surface area contributed by atoms with Gasteiger partial charge < -0.3 is 24.5 Å². The molecule has 4 atom stereocenters. The van der Waals surface area contributed by atoms with Gasteiger partial charge in [-0.2, -0.15) is 0 Å². The summed E-state index contributed by atoms with van der Waals surface area (Å²) in [6, 6.07) is 18.4. The molecule has 9 heteroatoms. The molecule has 8 nitrogen and oxygen atoms in total. The molecule has 0 saturated carbocycles. The first kappa shape index (κ1) is 38.0. The molecule has 0 aliphatic heterocycles. The summed E-state index contributed by atoms with van der Waals surface area (Å²) in [5.41, 5.74) is 1.33. The fourth-order valence-corrected chi connectivity index (χ4v) is 6.18. The van der Waals surface area contributed by atoms with E-state index in [4.69, 9.17) is 13.9 Å². The Morgan fingerprint density at radius 2 is 1.31 bits per heavy atom. The number of rotatable bonds is 14. The van der Waals surface area contributed by atoms with Gasteiger partial charge in [0.15, 0.2) is 8.32 Å². The van der Waals surface area contributed by atoms with E-state index in [-0.39, 0.29) is 16.9 Å². The molecule has 2 aromatic carbocycles. The van der Waals surface area contributed by atoms with Crippen LogP contribution in [0.5, 0.6) is 0 Å². The van der Waals surface area contributed by atoms with Crippen molar-refractivity contribution < 1.29 is 28.3 Å².